The molecule has 0 saturated carbocycles. The van der Waals surface area contributed by atoms with Gasteiger partial charge in [-0.05, 0) is 0 Å². The minimum atomic E-state index is 0.574. The van der Waals surface area contributed by atoms with Gasteiger partial charge >= 0.3 is 43.8 Å². The van der Waals surface area contributed by atoms with Crippen molar-refractivity contribution in [3.8, 4) is 0 Å². The molecule has 0 bridgehead atoms. The van der Waals surface area contributed by atoms with E-state index in [-0.39, 0.29) is 0 Å². The maximum absolute atomic E-state index is 5.55. The molecule has 36 valence electrons. The molecule has 0 aromatic heterocycles. The summed E-state index contributed by atoms with van der Waals surface area (Å²) in [6, 6.07) is 0.574. The van der Waals surface area contributed by atoms with Crippen molar-refractivity contribution in [3.05, 3.63) is 0 Å². The standard InChI is InChI=1S/C4H9NSe/c5-4-1-2-6-3-4/h4H,1-3,5H2/t4-/m0/s1. The molecule has 1 heterocycles. The van der Waals surface area contributed by atoms with E-state index in [0.29, 0.717) is 6.04 Å². The van der Waals surface area contributed by atoms with Crippen molar-refractivity contribution in [3.63, 3.8) is 0 Å². The predicted molar refractivity (Wildman–Crippen MR) is 28.0 cm³/mol. The second kappa shape index (κ2) is 1.97. The molecule has 1 fully saturated rings. The molecular formula is C4H9NSe. The molecule has 1 rings (SSSR count). The molecule has 0 unspecified atom stereocenters. The zero-order chi connectivity index (χ0) is 4.41. The third-order valence-corrected chi connectivity index (χ3v) is 3.46. The Balaban J connectivity index is 2.18. The van der Waals surface area contributed by atoms with Crippen LogP contribution in [0.15, 0.2) is 0 Å². The Hall–Kier alpha value is 0.479. The molecule has 1 nitrogen and oxygen atoms in total. The average molecular weight is 150 g/mol. The molecule has 1 saturated heterocycles. The second-order valence-corrected chi connectivity index (χ2v) is 4.04. The zero-order valence-electron chi connectivity index (χ0n) is 3.68. The Bertz CT molecular complexity index is 40.8. The summed E-state index contributed by atoms with van der Waals surface area (Å²) < 4.78 is 0. The SMILES string of the molecule is N[C@H]1CC[Se]C1. The predicted octanol–water partition coefficient (Wildman–Crippen LogP) is 0.258. The van der Waals surface area contributed by atoms with E-state index < -0.39 is 0 Å². The first-order chi connectivity index (χ1) is 2.89. The Morgan fingerprint density at radius 2 is 2.50 bits per heavy atom. The normalized spacial score (nSPS) is 34.5. The van der Waals surface area contributed by atoms with Crippen LogP contribution in [-0.2, 0) is 0 Å². The van der Waals surface area contributed by atoms with Gasteiger partial charge in [0, 0.05) is 0 Å². The fourth-order valence-electron chi connectivity index (χ4n) is 0.553. The molecule has 0 radical (unpaired) electrons. The van der Waals surface area contributed by atoms with Gasteiger partial charge in [-0.1, -0.05) is 0 Å². The minimum absolute atomic E-state index is 0.574. The number of hydrogen-bond acceptors (Lipinski definition) is 1. The van der Waals surface area contributed by atoms with Gasteiger partial charge < -0.3 is 0 Å². The van der Waals surface area contributed by atoms with Crippen LogP contribution in [-0.4, -0.2) is 21.0 Å². The van der Waals surface area contributed by atoms with Gasteiger partial charge in [0.2, 0.25) is 0 Å². The number of nitrogens with two attached hydrogens (primary N) is 1. The van der Waals surface area contributed by atoms with Crippen LogP contribution in [0.2, 0.25) is 10.6 Å². The molecule has 0 aromatic carbocycles. The van der Waals surface area contributed by atoms with E-state index in [1.54, 1.807) is 0 Å². The molecule has 2 heteroatoms. The van der Waals surface area contributed by atoms with Crippen LogP contribution in [0.5, 0.6) is 0 Å². The van der Waals surface area contributed by atoms with Crippen molar-refractivity contribution < 1.29 is 0 Å². The Morgan fingerprint density at radius 3 is 2.67 bits per heavy atom. The summed E-state index contributed by atoms with van der Waals surface area (Å²) in [4.78, 5) is 0. The van der Waals surface area contributed by atoms with Gasteiger partial charge in [0.25, 0.3) is 0 Å². The van der Waals surface area contributed by atoms with E-state index in [1.165, 1.54) is 17.1 Å². The third kappa shape index (κ3) is 0.969. The summed E-state index contributed by atoms with van der Waals surface area (Å²) in [6.07, 6.45) is 1.29. The molecule has 0 aromatic rings. The Kier molecular flexibility index (Phi) is 1.52. The van der Waals surface area contributed by atoms with Crippen molar-refractivity contribution >= 4 is 15.0 Å². The number of rotatable bonds is 0. The molecule has 1 aliphatic heterocycles. The average Bonchev–Trinajstić information content (AvgIpc) is 1.86. The van der Waals surface area contributed by atoms with Gasteiger partial charge in [-0.25, -0.2) is 0 Å². The Morgan fingerprint density at radius 1 is 1.67 bits per heavy atom. The first-order valence-electron chi connectivity index (χ1n) is 2.23. The topological polar surface area (TPSA) is 26.0 Å². The van der Waals surface area contributed by atoms with Crippen molar-refractivity contribution in [1.82, 2.24) is 0 Å². The molecular weight excluding hydrogens is 141 g/mol. The first-order valence-corrected chi connectivity index (χ1v) is 4.65. The number of hydrogen-bond donors (Lipinski definition) is 1. The summed E-state index contributed by atoms with van der Waals surface area (Å²) in [7, 11) is 0. The Labute approximate surface area is 44.4 Å². The van der Waals surface area contributed by atoms with Crippen LogP contribution in [0.4, 0.5) is 0 Å². The quantitative estimate of drug-likeness (QED) is 0.492. The van der Waals surface area contributed by atoms with Crippen LogP contribution >= 0.6 is 0 Å². The second-order valence-electron chi connectivity index (χ2n) is 1.62. The van der Waals surface area contributed by atoms with Crippen LogP contribution in [0, 0.1) is 0 Å². The summed E-state index contributed by atoms with van der Waals surface area (Å²) in [5, 5.41) is 2.75. The van der Waals surface area contributed by atoms with Crippen molar-refractivity contribution in [2.24, 2.45) is 5.73 Å². The van der Waals surface area contributed by atoms with E-state index in [4.69, 9.17) is 5.73 Å². The summed E-state index contributed by atoms with van der Waals surface area (Å²) in [6.45, 7) is 0. The van der Waals surface area contributed by atoms with E-state index in [9.17, 15) is 0 Å². The first kappa shape index (κ1) is 4.63. The van der Waals surface area contributed by atoms with Crippen LogP contribution < -0.4 is 5.73 Å². The van der Waals surface area contributed by atoms with Gasteiger partial charge in [-0.3, -0.25) is 0 Å². The summed E-state index contributed by atoms with van der Waals surface area (Å²) in [5.41, 5.74) is 5.55. The third-order valence-electron chi connectivity index (χ3n) is 0.965. The van der Waals surface area contributed by atoms with E-state index in [1.807, 2.05) is 0 Å². The van der Waals surface area contributed by atoms with Gasteiger partial charge in [0.15, 0.2) is 0 Å². The van der Waals surface area contributed by atoms with E-state index in [2.05, 4.69) is 0 Å². The fourth-order valence-corrected chi connectivity index (χ4v) is 2.87. The van der Waals surface area contributed by atoms with Gasteiger partial charge in [-0.2, -0.15) is 0 Å². The van der Waals surface area contributed by atoms with Crippen LogP contribution in [0.1, 0.15) is 6.42 Å². The zero-order valence-corrected chi connectivity index (χ0v) is 5.40. The van der Waals surface area contributed by atoms with Crippen molar-refractivity contribution in [2.45, 2.75) is 23.1 Å². The fraction of sp³-hybridized carbons (Fsp3) is 1.00. The summed E-state index contributed by atoms with van der Waals surface area (Å²) in [5.74, 6) is 0. The maximum atomic E-state index is 5.55. The van der Waals surface area contributed by atoms with E-state index >= 15 is 0 Å². The summed E-state index contributed by atoms with van der Waals surface area (Å²) >= 11 is 0.916. The molecule has 0 amide bonds. The molecule has 1 aliphatic rings. The molecule has 0 aliphatic carbocycles. The van der Waals surface area contributed by atoms with Crippen LogP contribution in [0.25, 0.3) is 0 Å². The van der Waals surface area contributed by atoms with Gasteiger partial charge in [0.1, 0.15) is 0 Å². The van der Waals surface area contributed by atoms with Crippen molar-refractivity contribution in [2.75, 3.05) is 0 Å². The monoisotopic (exact) mass is 151 g/mol. The molecule has 2 N–H and O–H groups in total. The van der Waals surface area contributed by atoms with Crippen LogP contribution in [0.3, 0.4) is 0 Å². The molecule has 0 spiro atoms. The van der Waals surface area contributed by atoms with Crippen molar-refractivity contribution in [1.29, 1.82) is 0 Å². The van der Waals surface area contributed by atoms with Gasteiger partial charge in [-0.15, -0.1) is 0 Å². The molecule has 1 atom stereocenters. The van der Waals surface area contributed by atoms with Gasteiger partial charge in [0.05, 0.1) is 0 Å². The molecule has 6 heavy (non-hydrogen) atoms. The van der Waals surface area contributed by atoms with E-state index in [0.717, 1.165) is 15.0 Å².